The van der Waals surface area contributed by atoms with Gasteiger partial charge in [-0.2, -0.15) is 0 Å². The van der Waals surface area contributed by atoms with E-state index in [4.69, 9.17) is 4.74 Å². The Bertz CT molecular complexity index is 494. The van der Waals surface area contributed by atoms with Crippen molar-refractivity contribution in [3.05, 3.63) is 29.3 Å². The number of nitrogens with one attached hydrogen (secondary N) is 1. The molecule has 0 saturated heterocycles. The molecule has 0 fully saturated rings. The quantitative estimate of drug-likeness (QED) is 0.654. The highest BCUT2D eigenvalue weighted by atomic mass is 16.5. The van der Waals surface area contributed by atoms with E-state index in [-0.39, 0.29) is 35.1 Å². The van der Waals surface area contributed by atoms with Crippen molar-refractivity contribution in [3.63, 3.8) is 0 Å². The van der Waals surface area contributed by atoms with Crippen molar-refractivity contribution in [1.29, 1.82) is 0 Å². The molecule has 0 aliphatic carbocycles. The van der Waals surface area contributed by atoms with Crippen molar-refractivity contribution < 1.29 is 19.1 Å². The normalized spacial score (nSPS) is 9.72. The zero-order chi connectivity index (χ0) is 13.7. The highest BCUT2D eigenvalue weighted by molar-refractivity contribution is 6.10. The lowest BCUT2D eigenvalue weighted by atomic mass is 10.0. The van der Waals surface area contributed by atoms with Crippen LogP contribution in [0.3, 0.4) is 0 Å². The van der Waals surface area contributed by atoms with E-state index in [2.05, 4.69) is 5.32 Å². The Morgan fingerprint density at radius 2 is 1.89 bits per heavy atom. The predicted octanol–water partition coefficient (Wildman–Crippen LogP) is 2.02. The molecule has 0 saturated carbocycles. The summed E-state index contributed by atoms with van der Waals surface area (Å²) < 4.78 is 4.90. The van der Waals surface area contributed by atoms with Gasteiger partial charge in [0.05, 0.1) is 17.9 Å². The van der Waals surface area contributed by atoms with E-state index in [1.807, 2.05) is 0 Å². The number of anilines is 1. The van der Waals surface area contributed by atoms with Crippen LogP contribution in [-0.2, 0) is 9.53 Å². The van der Waals surface area contributed by atoms with E-state index in [1.54, 1.807) is 19.1 Å². The van der Waals surface area contributed by atoms with Crippen LogP contribution in [0.25, 0.3) is 0 Å². The Morgan fingerprint density at radius 3 is 2.39 bits per heavy atom. The molecule has 0 atom stereocenters. The molecule has 5 heteroatoms. The van der Waals surface area contributed by atoms with Crippen LogP contribution in [0.1, 0.15) is 41.5 Å². The zero-order valence-corrected chi connectivity index (χ0v) is 10.6. The monoisotopic (exact) mass is 249 g/mol. The Labute approximate surface area is 105 Å². The fraction of sp³-hybridized carbons (Fsp3) is 0.308. The number of benzene rings is 1. The second kappa shape index (κ2) is 5.95. The van der Waals surface area contributed by atoms with E-state index in [1.165, 1.54) is 19.9 Å². The summed E-state index contributed by atoms with van der Waals surface area (Å²) in [6, 6.07) is 4.69. The molecule has 1 amide bonds. The summed E-state index contributed by atoms with van der Waals surface area (Å²) in [6.07, 6.45) is 0. The maximum atomic E-state index is 11.8. The summed E-state index contributed by atoms with van der Waals surface area (Å²) >= 11 is 0. The van der Waals surface area contributed by atoms with Crippen LogP contribution < -0.4 is 5.32 Å². The van der Waals surface area contributed by atoms with Crippen molar-refractivity contribution in [2.24, 2.45) is 0 Å². The Morgan fingerprint density at radius 1 is 1.22 bits per heavy atom. The molecule has 1 N–H and O–H groups in total. The van der Waals surface area contributed by atoms with Gasteiger partial charge in [0.25, 0.3) is 0 Å². The lowest BCUT2D eigenvalue weighted by Crippen LogP contribution is -2.16. The smallest absolute Gasteiger partial charge is 0.340 e. The number of carbonyl (C=O) groups is 3. The molecular weight excluding hydrogens is 234 g/mol. The van der Waals surface area contributed by atoms with Gasteiger partial charge in [0.2, 0.25) is 5.91 Å². The minimum Gasteiger partial charge on any atom is -0.462 e. The largest absolute Gasteiger partial charge is 0.462 e. The van der Waals surface area contributed by atoms with Gasteiger partial charge in [0, 0.05) is 12.5 Å². The third kappa shape index (κ3) is 3.16. The number of rotatable bonds is 4. The number of hydrogen-bond donors (Lipinski definition) is 1. The average Bonchev–Trinajstić information content (AvgIpc) is 2.28. The Hall–Kier alpha value is -2.17. The first-order valence-electron chi connectivity index (χ1n) is 5.56. The number of carbonyl (C=O) groups excluding carboxylic acids is 3. The molecule has 0 radical (unpaired) electrons. The maximum Gasteiger partial charge on any atom is 0.340 e. The molecule has 0 unspecified atom stereocenters. The fourth-order valence-corrected chi connectivity index (χ4v) is 1.56. The standard InChI is InChI=1S/C13H15NO4/c1-4-18-13(17)12-10(8(2)15)6-5-7-11(12)14-9(3)16/h5-7H,4H2,1-3H3,(H,14,16). The van der Waals surface area contributed by atoms with Gasteiger partial charge in [-0.1, -0.05) is 12.1 Å². The average molecular weight is 249 g/mol. The highest BCUT2D eigenvalue weighted by Gasteiger charge is 2.20. The third-order valence-electron chi connectivity index (χ3n) is 2.23. The Kier molecular flexibility index (Phi) is 4.59. The first kappa shape index (κ1) is 13.9. The maximum absolute atomic E-state index is 11.8. The van der Waals surface area contributed by atoms with Gasteiger partial charge in [-0.15, -0.1) is 0 Å². The zero-order valence-electron chi connectivity index (χ0n) is 10.6. The minimum atomic E-state index is -0.618. The molecule has 0 aromatic heterocycles. The first-order valence-corrected chi connectivity index (χ1v) is 5.56. The van der Waals surface area contributed by atoms with Crippen molar-refractivity contribution in [1.82, 2.24) is 0 Å². The third-order valence-corrected chi connectivity index (χ3v) is 2.23. The second-order valence-electron chi connectivity index (χ2n) is 3.69. The number of amides is 1. The molecule has 0 aliphatic rings. The van der Waals surface area contributed by atoms with Gasteiger partial charge in [0.15, 0.2) is 5.78 Å². The van der Waals surface area contributed by atoms with E-state index >= 15 is 0 Å². The van der Waals surface area contributed by atoms with E-state index in [9.17, 15) is 14.4 Å². The van der Waals surface area contributed by atoms with Crippen molar-refractivity contribution >= 4 is 23.3 Å². The minimum absolute atomic E-state index is 0.0991. The Balaban J connectivity index is 3.33. The van der Waals surface area contributed by atoms with Crippen LogP contribution >= 0.6 is 0 Å². The summed E-state index contributed by atoms with van der Waals surface area (Å²) in [7, 11) is 0. The predicted molar refractivity (Wildman–Crippen MR) is 66.7 cm³/mol. The molecule has 1 aromatic carbocycles. The molecule has 18 heavy (non-hydrogen) atoms. The molecule has 0 bridgehead atoms. The summed E-state index contributed by atoms with van der Waals surface area (Å²) in [5.41, 5.74) is 0.621. The topological polar surface area (TPSA) is 72.5 Å². The molecule has 1 aromatic rings. The number of ketones is 1. The summed E-state index contributed by atoms with van der Waals surface area (Å²) in [4.78, 5) is 34.4. The van der Waals surface area contributed by atoms with Gasteiger partial charge in [0.1, 0.15) is 0 Å². The van der Waals surface area contributed by atoms with Crippen molar-refractivity contribution in [3.8, 4) is 0 Å². The van der Waals surface area contributed by atoms with Gasteiger partial charge in [-0.05, 0) is 19.9 Å². The second-order valence-corrected chi connectivity index (χ2v) is 3.69. The molecule has 1 rings (SSSR count). The first-order chi connectivity index (χ1) is 8.47. The SMILES string of the molecule is CCOC(=O)c1c(NC(C)=O)cccc1C(C)=O. The summed E-state index contributed by atoms with van der Waals surface area (Å²) in [5.74, 6) is -1.20. The van der Waals surface area contributed by atoms with Crippen molar-refractivity contribution in [2.45, 2.75) is 20.8 Å². The van der Waals surface area contributed by atoms with Crippen LogP contribution in [0.4, 0.5) is 5.69 Å². The number of hydrogen-bond acceptors (Lipinski definition) is 4. The van der Waals surface area contributed by atoms with Gasteiger partial charge < -0.3 is 10.1 Å². The highest BCUT2D eigenvalue weighted by Crippen LogP contribution is 2.22. The number of Topliss-reactive ketones (excluding diaryl/α,β-unsaturated/α-hetero) is 1. The fourth-order valence-electron chi connectivity index (χ4n) is 1.56. The van der Waals surface area contributed by atoms with E-state index < -0.39 is 5.97 Å². The van der Waals surface area contributed by atoms with E-state index in [0.29, 0.717) is 0 Å². The molecule has 5 nitrogen and oxygen atoms in total. The van der Waals surface area contributed by atoms with Gasteiger partial charge >= 0.3 is 5.97 Å². The van der Waals surface area contributed by atoms with E-state index in [0.717, 1.165) is 0 Å². The summed E-state index contributed by atoms with van der Waals surface area (Å²) in [5, 5.41) is 2.52. The van der Waals surface area contributed by atoms with Crippen LogP contribution in [0.15, 0.2) is 18.2 Å². The lowest BCUT2D eigenvalue weighted by Gasteiger charge is -2.12. The lowest BCUT2D eigenvalue weighted by molar-refractivity contribution is -0.114. The van der Waals surface area contributed by atoms with Crippen LogP contribution in [0, 0.1) is 0 Å². The number of esters is 1. The molecule has 96 valence electrons. The molecule has 0 spiro atoms. The molecular formula is C13H15NO4. The van der Waals surface area contributed by atoms with Crippen LogP contribution in [0.2, 0.25) is 0 Å². The van der Waals surface area contributed by atoms with Crippen LogP contribution in [-0.4, -0.2) is 24.3 Å². The molecule has 0 aliphatic heterocycles. The summed E-state index contributed by atoms with van der Waals surface area (Å²) in [6.45, 7) is 4.56. The van der Waals surface area contributed by atoms with Gasteiger partial charge in [-0.3, -0.25) is 9.59 Å². The van der Waals surface area contributed by atoms with Crippen molar-refractivity contribution in [2.75, 3.05) is 11.9 Å². The molecule has 0 heterocycles. The van der Waals surface area contributed by atoms with Gasteiger partial charge in [-0.25, -0.2) is 4.79 Å². The van der Waals surface area contributed by atoms with Crippen LogP contribution in [0.5, 0.6) is 0 Å². The number of ether oxygens (including phenoxy) is 1.